The van der Waals surface area contributed by atoms with Gasteiger partial charge in [-0.15, -0.1) is 0 Å². The fourth-order valence-electron chi connectivity index (χ4n) is 3.04. The summed E-state index contributed by atoms with van der Waals surface area (Å²) in [5.74, 6) is 0.724. The molecule has 4 heteroatoms. The molecule has 1 aromatic heterocycles. The largest absolute Gasteiger partial charge is 0.494 e. The van der Waals surface area contributed by atoms with E-state index < -0.39 is 0 Å². The topological polar surface area (TPSA) is 39.4 Å². The second-order valence-electron chi connectivity index (χ2n) is 6.08. The van der Waals surface area contributed by atoms with E-state index in [2.05, 4.69) is 29.4 Å². The highest BCUT2D eigenvalue weighted by Crippen LogP contribution is 2.31. The van der Waals surface area contributed by atoms with Gasteiger partial charge >= 0.3 is 0 Å². The van der Waals surface area contributed by atoms with Gasteiger partial charge in [0.25, 0.3) is 0 Å². The maximum atomic E-state index is 5.53. The first-order chi connectivity index (χ1) is 12.7. The summed E-state index contributed by atoms with van der Waals surface area (Å²) >= 11 is 0. The molecule has 128 valence electrons. The van der Waals surface area contributed by atoms with E-state index in [1.54, 1.807) is 11.8 Å². The van der Waals surface area contributed by atoms with Crippen LogP contribution in [0.25, 0.3) is 10.9 Å². The quantitative estimate of drug-likeness (QED) is 0.502. The Morgan fingerprint density at radius 1 is 0.923 bits per heavy atom. The van der Waals surface area contributed by atoms with Crippen molar-refractivity contribution < 1.29 is 4.74 Å². The van der Waals surface area contributed by atoms with Crippen molar-refractivity contribution in [3.8, 4) is 5.75 Å². The standard InChI is InChI=1S/C22H19N3O/c1-25-15-18-13-19(14-20(26-2)22(18)24-25)23-21(16-9-5-3-6-10-16)17-11-7-4-8-12-17/h3-15H,1-2H3. The normalized spacial score (nSPS) is 10.7. The van der Waals surface area contributed by atoms with E-state index in [-0.39, 0.29) is 0 Å². The molecular formula is C22H19N3O. The molecule has 0 radical (unpaired) electrons. The molecule has 4 aromatic rings. The van der Waals surface area contributed by atoms with Crippen molar-refractivity contribution in [1.82, 2.24) is 9.78 Å². The smallest absolute Gasteiger partial charge is 0.149 e. The van der Waals surface area contributed by atoms with E-state index in [9.17, 15) is 0 Å². The average molecular weight is 341 g/mol. The van der Waals surface area contributed by atoms with Crippen molar-refractivity contribution in [3.63, 3.8) is 0 Å². The second-order valence-corrected chi connectivity index (χ2v) is 6.08. The van der Waals surface area contributed by atoms with Crippen LogP contribution in [0, 0.1) is 0 Å². The molecular weight excluding hydrogens is 322 g/mol. The Hall–Kier alpha value is -3.40. The molecule has 0 saturated carbocycles. The van der Waals surface area contributed by atoms with Gasteiger partial charge in [-0.05, 0) is 6.07 Å². The third kappa shape index (κ3) is 3.09. The van der Waals surface area contributed by atoms with Crippen LogP contribution in [0.5, 0.6) is 5.75 Å². The number of hydrogen-bond acceptors (Lipinski definition) is 3. The molecule has 4 rings (SSSR count). The van der Waals surface area contributed by atoms with Gasteiger partial charge in [-0.1, -0.05) is 60.7 Å². The maximum Gasteiger partial charge on any atom is 0.149 e. The Balaban J connectivity index is 1.91. The molecule has 0 aliphatic carbocycles. The molecule has 0 aliphatic rings. The number of aromatic nitrogens is 2. The summed E-state index contributed by atoms with van der Waals surface area (Å²) in [6.07, 6.45) is 1.97. The van der Waals surface area contributed by atoms with E-state index in [0.717, 1.165) is 39.2 Å². The zero-order chi connectivity index (χ0) is 17.9. The molecule has 3 aromatic carbocycles. The van der Waals surface area contributed by atoms with E-state index in [4.69, 9.17) is 9.73 Å². The fourth-order valence-corrected chi connectivity index (χ4v) is 3.04. The van der Waals surface area contributed by atoms with Crippen molar-refractivity contribution in [1.29, 1.82) is 0 Å². The molecule has 0 bridgehead atoms. The number of ether oxygens (including phenoxy) is 1. The fraction of sp³-hybridized carbons (Fsp3) is 0.0909. The summed E-state index contributed by atoms with van der Waals surface area (Å²) in [6, 6.07) is 24.4. The molecule has 0 unspecified atom stereocenters. The van der Waals surface area contributed by atoms with Crippen LogP contribution in [0.1, 0.15) is 11.1 Å². The van der Waals surface area contributed by atoms with Crippen LogP contribution in [0.4, 0.5) is 5.69 Å². The highest BCUT2D eigenvalue weighted by molar-refractivity contribution is 6.14. The number of nitrogens with zero attached hydrogens (tertiary/aromatic N) is 3. The van der Waals surface area contributed by atoms with Gasteiger partial charge in [0, 0.05) is 35.8 Å². The lowest BCUT2D eigenvalue weighted by Gasteiger charge is -2.09. The predicted octanol–water partition coefficient (Wildman–Crippen LogP) is 4.75. The zero-order valence-corrected chi connectivity index (χ0v) is 14.8. The molecule has 0 N–H and O–H groups in total. The van der Waals surface area contributed by atoms with Crippen LogP contribution in [0.3, 0.4) is 0 Å². The van der Waals surface area contributed by atoms with Gasteiger partial charge in [0.1, 0.15) is 11.3 Å². The molecule has 0 fully saturated rings. The Morgan fingerprint density at radius 2 is 1.54 bits per heavy atom. The number of benzene rings is 3. The highest BCUT2D eigenvalue weighted by atomic mass is 16.5. The Labute approximate surface area is 152 Å². The summed E-state index contributed by atoms with van der Waals surface area (Å²) in [4.78, 5) is 4.97. The highest BCUT2D eigenvalue weighted by Gasteiger charge is 2.11. The molecule has 0 amide bonds. The molecule has 4 nitrogen and oxygen atoms in total. The van der Waals surface area contributed by atoms with E-state index in [1.807, 2.05) is 61.8 Å². The number of fused-ring (bicyclic) bond motifs is 1. The molecule has 0 saturated heterocycles. The van der Waals surface area contributed by atoms with Gasteiger partial charge in [-0.3, -0.25) is 4.68 Å². The van der Waals surface area contributed by atoms with Gasteiger partial charge in [0.2, 0.25) is 0 Å². The minimum Gasteiger partial charge on any atom is -0.494 e. The SMILES string of the molecule is COc1cc(N=C(c2ccccc2)c2ccccc2)cc2cn(C)nc12. The summed E-state index contributed by atoms with van der Waals surface area (Å²) in [7, 11) is 3.56. The molecule has 0 spiro atoms. The summed E-state index contributed by atoms with van der Waals surface area (Å²) in [6.45, 7) is 0. The van der Waals surface area contributed by atoms with Crippen LogP contribution in [-0.2, 0) is 7.05 Å². The zero-order valence-electron chi connectivity index (χ0n) is 14.8. The third-order valence-corrected chi connectivity index (χ3v) is 4.23. The Morgan fingerprint density at radius 3 is 2.12 bits per heavy atom. The average Bonchev–Trinajstić information content (AvgIpc) is 3.07. The molecule has 1 heterocycles. The van der Waals surface area contributed by atoms with Crippen LogP contribution < -0.4 is 4.74 Å². The number of hydrogen-bond donors (Lipinski definition) is 0. The van der Waals surface area contributed by atoms with Crippen LogP contribution in [-0.4, -0.2) is 22.6 Å². The van der Waals surface area contributed by atoms with E-state index >= 15 is 0 Å². The maximum absolute atomic E-state index is 5.53. The van der Waals surface area contributed by atoms with Crippen molar-refractivity contribution >= 4 is 22.3 Å². The number of rotatable bonds is 4. The second kappa shape index (κ2) is 6.84. The first-order valence-electron chi connectivity index (χ1n) is 8.45. The third-order valence-electron chi connectivity index (χ3n) is 4.23. The van der Waals surface area contributed by atoms with Gasteiger partial charge in [-0.25, -0.2) is 4.99 Å². The van der Waals surface area contributed by atoms with Gasteiger partial charge in [0.05, 0.1) is 18.5 Å². The van der Waals surface area contributed by atoms with Crippen LogP contribution in [0.15, 0.2) is 84.0 Å². The lowest BCUT2D eigenvalue weighted by atomic mass is 10.0. The van der Waals surface area contributed by atoms with Crippen molar-refractivity contribution in [2.45, 2.75) is 0 Å². The van der Waals surface area contributed by atoms with Crippen molar-refractivity contribution in [2.75, 3.05) is 7.11 Å². The van der Waals surface area contributed by atoms with Gasteiger partial charge < -0.3 is 4.74 Å². The molecule has 26 heavy (non-hydrogen) atoms. The molecule has 0 aliphatic heterocycles. The predicted molar refractivity (Wildman–Crippen MR) is 105 cm³/mol. The minimum absolute atomic E-state index is 0.724. The van der Waals surface area contributed by atoms with Gasteiger partial charge in [0.15, 0.2) is 0 Å². The number of aryl methyl sites for hydroxylation is 1. The first kappa shape index (κ1) is 16.1. The monoisotopic (exact) mass is 341 g/mol. The number of aliphatic imine (C=N–C) groups is 1. The Bertz CT molecular complexity index is 1030. The minimum atomic E-state index is 0.724. The van der Waals surface area contributed by atoms with Crippen molar-refractivity contribution in [3.05, 3.63) is 90.1 Å². The van der Waals surface area contributed by atoms with Crippen LogP contribution >= 0.6 is 0 Å². The van der Waals surface area contributed by atoms with E-state index in [1.165, 1.54) is 0 Å². The lowest BCUT2D eigenvalue weighted by Crippen LogP contribution is -2.02. The van der Waals surface area contributed by atoms with Crippen LogP contribution in [0.2, 0.25) is 0 Å². The lowest BCUT2D eigenvalue weighted by molar-refractivity contribution is 0.418. The molecule has 0 atom stereocenters. The Kier molecular flexibility index (Phi) is 4.23. The summed E-state index contributed by atoms with van der Waals surface area (Å²) < 4.78 is 7.32. The summed E-state index contributed by atoms with van der Waals surface area (Å²) in [5.41, 5.74) is 4.75. The summed E-state index contributed by atoms with van der Waals surface area (Å²) in [5, 5.41) is 5.47. The van der Waals surface area contributed by atoms with Crippen molar-refractivity contribution in [2.24, 2.45) is 12.0 Å². The van der Waals surface area contributed by atoms with Gasteiger partial charge in [-0.2, -0.15) is 5.10 Å². The number of methoxy groups -OCH3 is 1. The first-order valence-corrected chi connectivity index (χ1v) is 8.45. The van der Waals surface area contributed by atoms with E-state index in [0.29, 0.717) is 0 Å².